The standard InChI is InChI=1S/C16H19F2N3OS/c17-11-9-13(18)15-14(10-11)23-16(19-15)21-5-3-20(4-6-21)12-1-7-22-8-2-12/h9-10,12H,1-8H2. The highest BCUT2D eigenvalue weighted by Gasteiger charge is 2.26. The van der Waals surface area contributed by atoms with Gasteiger partial charge in [-0.3, -0.25) is 4.90 Å². The second kappa shape index (κ2) is 6.30. The van der Waals surface area contributed by atoms with Gasteiger partial charge in [0, 0.05) is 51.5 Å². The van der Waals surface area contributed by atoms with E-state index >= 15 is 0 Å². The number of ether oxygens (including phenoxy) is 1. The lowest BCUT2D eigenvalue weighted by atomic mass is 10.1. The highest BCUT2D eigenvalue weighted by molar-refractivity contribution is 7.22. The molecule has 124 valence electrons. The van der Waals surface area contributed by atoms with Crippen LogP contribution in [0, 0.1) is 11.6 Å². The molecule has 2 aliphatic heterocycles. The third-order valence-corrected chi connectivity index (χ3v) is 5.76. The van der Waals surface area contributed by atoms with Crippen LogP contribution in [0.5, 0.6) is 0 Å². The minimum Gasteiger partial charge on any atom is -0.381 e. The zero-order valence-electron chi connectivity index (χ0n) is 12.8. The molecule has 2 saturated heterocycles. The fraction of sp³-hybridized carbons (Fsp3) is 0.562. The van der Waals surface area contributed by atoms with Gasteiger partial charge in [0.15, 0.2) is 10.9 Å². The molecule has 4 nitrogen and oxygen atoms in total. The maximum absolute atomic E-state index is 13.8. The Kier molecular flexibility index (Phi) is 4.17. The fourth-order valence-electron chi connectivity index (χ4n) is 3.41. The van der Waals surface area contributed by atoms with Crippen LogP contribution in [0.25, 0.3) is 10.2 Å². The third kappa shape index (κ3) is 3.05. The van der Waals surface area contributed by atoms with Crippen LogP contribution >= 0.6 is 11.3 Å². The van der Waals surface area contributed by atoms with Gasteiger partial charge in [0.25, 0.3) is 0 Å². The van der Waals surface area contributed by atoms with Crippen LogP contribution < -0.4 is 4.90 Å². The number of piperazine rings is 1. The Morgan fingerprint density at radius 3 is 2.57 bits per heavy atom. The summed E-state index contributed by atoms with van der Waals surface area (Å²) in [4.78, 5) is 9.08. The number of nitrogens with zero attached hydrogens (tertiary/aromatic N) is 3. The average Bonchev–Trinajstić information content (AvgIpc) is 3.00. The van der Waals surface area contributed by atoms with Crippen molar-refractivity contribution in [2.24, 2.45) is 0 Å². The topological polar surface area (TPSA) is 28.6 Å². The van der Waals surface area contributed by atoms with Crippen molar-refractivity contribution in [1.82, 2.24) is 9.88 Å². The van der Waals surface area contributed by atoms with Crippen molar-refractivity contribution in [1.29, 1.82) is 0 Å². The Balaban J connectivity index is 1.46. The molecule has 0 saturated carbocycles. The van der Waals surface area contributed by atoms with Gasteiger partial charge in [0.1, 0.15) is 11.3 Å². The van der Waals surface area contributed by atoms with E-state index in [9.17, 15) is 8.78 Å². The van der Waals surface area contributed by atoms with Crippen LogP contribution in [0.1, 0.15) is 12.8 Å². The molecular weight excluding hydrogens is 320 g/mol. The van der Waals surface area contributed by atoms with Crippen LogP contribution in [-0.4, -0.2) is 55.3 Å². The van der Waals surface area contributed by atoms with E-state index in [1.54, 1.807) is 0 Å². The quantitative estimate of drug-likeness (QED) is 0.841. The van der Waals surface area contributed by atoms with Gasteiger partial charge in [-0.05, 0) is 18.9 Å². The lowest BCUT2D eigenvalue weighted by Gasteiger charge is -2.40. The molecule has 23 heavy (non-hydrogen) atoms. The van der Waals surface area contributed by atoms with Gasteiger partial charge in [-0.2, -0.15) is 0 Å². The van der Waals surface area contributed by atoms with Gasteiger partial charge in [-0.1, -0.05) is 11.3 Å². The van der Waals surface area contributed by atoms with Crippen molar-refractivity contribution in [3.05, 3.63) is 23.8 Å². The second-order valence-electron chi connectivity index (χ2n) is 6.10. The number of rotatable bonds is 2. The van der Waals surface area contributed by atoms with Crippen LogP contribution in [-0.2, 0) is 4.74 Å². The van der Waals surface area contributed by atoms with E-state index in [1.807, 2.05) is 0 Å². The minimum absolute atomic E-state index is 0.276. The zero-order chi connectivity index (χ0) is 15.8. The predicted molar refractivity (Wildman–Crippen MR) is 87.2 cm³/mol. The molecule has 0 bridgehead atoms. The number of anilines is 1. The van der Waals surface area contributed by atoms with E-state index in [2.05, 4.69) is 14.8 Å². The number of hydrogen-bond acceptors (Lipinski definition) is 5. The lowest BCUT2D eigenvalue weighted by Crippen LogP contribution is -2.51. The van der Waals surface area contributed by atoms with Gasteiger partial charge in [0.05, 0.1) is 4.70 Å². The highest BCUT2D eigenvalue weighted by atomic mass is 32.1. The van der Waals surface area contributed by atoms with Crippen LogP contribution in [0.4, 0.5) is 13.9 Å². The second-order valence-corrected chi connectivity index (χ2v) is 7.11. The number of hydrogen-bond donors (Lipinski definition) is 0. The SMILES string of the molecule is Fc1cc(F)c2nc(N3CCN(C4CCOCC4)CC3)sc2c1. The highest BCUT2D eigenvalue weighted by Crippen LogP contribution is 2.32. The van der Waals surface area contributed by atoms with E-state index in [0.717, 1.165) is 63.4 Å². The maximum atomic E-state index is 13.8. The number of fused-ring (bicyclic) bond motifs is 1. The molecular formula is C16H19F2N3OS. The van der Waals surface area contributed by atoms with Crippen LogP contribution in [0.3, 0.4) is 0 Å². The Bertz CT molecular complexity index is 694. The van der Waals surface area contributed by atoms with Crippen LogP contribution in [0.15, 0.2) is 12.1 Å². The normalized spacial score (nSPS) is 21.2. The third-order valence-electron chi connectivity index (χ3n) is 4.69. The summed E-state index contributed by atoms with van der Waals surface area (Å²) in [5, 5.41) is 0.788. The molecule has 7 heteroatoms. The molecule has 1 aromatic heterocycles. The lowest BCUT2D eigenvalue weighted by molar-refractivity contribution is 0.0321. The molecule has 0 unspecified atom stereocenters. The summed E-state index contributed by atoms with van der Waals surface area (Å²) >= 11 is 1.37. The summed E-state index contributed by atoms with van der Waals surface area (Å²) in [6.45, 7) is 5.43. The molecule has 0 spiro atoms. The number of thiazole rings is 1. The molecule has 0 amide bonds. The fourth-order valence-corrected chi connectivity index (χ4v) is 4.47. The first kappa shape index (κ1) is 15.2. The first-order chi connectivity index (χ1) is 11.2. The Morgan fingerprint density at radius 1 is 1.09 bits per heavy atom. The van der Waals surface area contributed by atoms with Crippen molar-refractivity contribution in [2.75, 3.05) is 44.3 Å². The van der Waals surface area contributed by atoms with Crippen molar-refractivity contribution >= 4 is 26.7 Å². The van der Waals surface area contributed by atoms with E-state index in [0.29, 0.717) is 10.7 Å². The summed E-state index contributed by atoms with van der Waals surface area (Å²) in [6, 6.07) is 2.88. The Labute approximate surface area is 137 Å². The molecule has 0 N–H and O–H groups in total. The molecule has 0 atom stereocenters. The summed E-state index contributed by atoms with van der Waals surface area (Å²) in [5.74, 6) is -1.13. The summed E-state index contributed by atoms with van der Waals surface area (Å²) in [5.41, 5.74) is 0.276. The van der Waals surface area contributed by atoms with Gasteiger partial charge in [-0.15, -0.1) is 0 Å². The maximum Gasteiger partial charge on any atom is 0.186 e. The van der Waals surface area contributed by atoms with Gasteiger partial charge in [-0.25, -0.2) is 13.8 Å². The van der Waals surface area contributed by atoms with Crippen molar-refractivity contribution in [3.63, 3.8) is 0 Å². The summed E-state index contributed by atoms with van der Waals surface area (Å²) < 4.78 is 33.1. The van der Waals surface area contributed by atoms with Crippen LogP contribution in [0.2, 0.25) is 0 Å². The van der Waals surface area contributed by atoms with E-state index in [1.165, 1.54) is 17.4 Å². The molecule has 0 radical (unpaired) electrons. The van der Waals surface area contributed by atoms with Gasteiger partial charge in [0.2, 0.25) is 0 Å². The van der Waals surface area contributed by atoms with Crippen molar-refractivity contribution in [2.45, 2.75) is 18.9 Å². The summed E-state index contributed by atoms with van der Waals surface area (Å²) in [7, 11) is 0. The molecule has 2 aromatic rings. The predicted octanol–water partition coefficient (Wildman–Crippen LogP) is 2.88. The Hall–Kier alpha value is -1.31. The van der Waals surface area contributed by atoms with Crippen molar-refractivity contribution < 1.29 is 13.5 Å². The first-order valence-electron chi connectivity index (χ1n) is 8.03. The largest absolute Gasteiger partial charge is 0.381 e. The first-order valence-corrected chi connectivity index (χ1v) is 8.85. The number of halogens is 2. The minimum atomic E-state index is -0.580. The molecule has 0 aliphatic carbocycles. The van der Waals surface area contributed by atoms with Crippen molar-refractivity contribution in [3.8, 4) is 0 Å². The molecule has 2 fully saturated rings. The Morgan fingerprint density at radius 2 is 1.83 bits per heavy atom. The smallest absolute Gasteiger partial charge is 0.186 e. The van der Waals surface area contributed by atoms with Gasteiger partial charge >= 0.3 is 0 Å². The van der Waals surface area contributed by atoms with E-state index in [4.69, 9.17) is 4.74 Å². The van der Waals surface area contributed by atoms with Gasteiger partial charge < -0.3 is 9.64 Å². The number of benzene rings is 1. The zero-order valence-corrected chi connectivity index (χ0v) is 13.6. The average molecular weight is 339 g/mol. The summed E-state index contributed by atoms with van der Waals surface area (Å²) in [6.07, 6.45) is 2.21. The molecule has 1 aromatic carbocycles. The molecule has 3 heterocycles. The van der Waals surface area contributed by atoms with E-state index in [-0.39, 0.29) is 5.52 Å². The number of aromatic nitrogens is 1. The molecule has 4 rings (SSSR count). The van der Waals surface area contributed by atoms with E-state index < -0.39 is 11.6 Å². The monoisotopic (exact) mass is 339 g/mol. The molecule has 2 aliphatic rings.